The monoisotopic (exact) mass is 358 g/mol. The molecule has 3 nitrogen and oxygen atoms in total. The molecule has 1 saturated heterocycles. The van der Waals surface area contributed by atoms with Crippen molar-refractivity contribution in [2.75, 3.05) is 4.90 Å². The van der Waals surface area contributed by atoms with Crippen LogP contribution in [0.5, 0.6) is 5.75 Å². The van der Waals surface area contributed by atoms with E-state index in [1.54, 1.807) is 0 Å². The van der Waals surface area contributed by atoms with Gasteiger partial charge in [-0.05, 0) is 55.4 Å². The standard InChI is InChI=1S/C19H19ClN2OS/c1-3-12-6-4-5-7-16(12)22-18(24)21-15-11-19(22,2)23-17-9-8-13(20)10-14(15)17/h4-10,15H,3,11H2,1-2H3,(H,21,24)/t15-,19+/m0/s1. The lowest BCUT2D eigenvalue weighted by molar-refractivity contribution is 0.0496. The van der Waals surface area contributed by atoms with Crippen molar-refractivity contribution in [2.45, 2.75) is 38.5 Å². The van der Waals surface area contributed by atoms with Gasteiger partial charge < -0.3 is 10.1 Å². The maximum absolute atomic E-state index is 6.42. The highest BCUT2D eigenvalue weighted by Gasteiger charge is 2.48. The summed E-state index contributed by atoms with van der Waals surface area (Å²) in [5.41, 5.74) is 2.92. The summed E-state index contributed by atoms with van der Waals surface area (Å²) in [6, 6.07) is 14.3. The molecular formula is C19H19ClN2OS. The van der Waals surface area contributed by atoms with E-state index in [0.29, 0.717) is 10.1 Å². The van der Waals surface area contributed by atoms with Crippen LogP contribution in [0.15, 0.2) is 42.5 Å². The Morgan fingerprint density at radius 3 is 2.92 bits per heavy atom. The molecule has 0 aliphatic carbocycles. The highest BCUT2D eigenvalue weighted by Crippen LogP contribution is 2.46. The van der Waals surface area contributed by atoms with Gasteiger partial charge in [0.15, 0.2) is 10.8 Å². The number of nitrogens with one attached hydrogen (secondary N) is 1. The van der Waals surface area contributed by atoms with E-state index in [2.05, 4.69) is 42.3 Å². The van der Waals surface area contributed by atoms with E-state index in [9.17, 15) is 0 Å². The number of para-hydroxylation sites is 1. The number of benzene rings is 2. The van der Waals surface area contributed by atoms with E-state index in [-0.39, 0.29) is 6.04 Å². The van der Waals surface area contributed by atoms with Crippen molar-refractivity contribution in [2.24, 2.45) is 0 Å². The van der Waals surface area contributed by atoms with Crippen LogP contribution in [0.2, 0.25) is 5.02 Å². The number of anilines is 1. The number of rotatable bonds is 2. The van der Waals surface area contributed by atoms with Crippen LogP contribution in [-0.4, -0.2) is 10.8 Å². The second-order valence-electron chi connectivity index (χ2n) is 6.48. The fraction of sp³-hybridized carbons (Fsp3) is 0.316. The van der Waals surface area contributed by atoms with Crippen molar-refractivity contribution in [3.63, 3.8) is 0 Å². The van der Waals surface area contributed by atoms with Gasteiger partial charge in [0.1, 0.15) is 5.75 Å². The fourth-order valence-corrected chi connectivity index (χ4v) is 4.35. The molecule has 0 radical (unpaired) electrons. The number of ether oxygens (including phenoxy) is 1. The number of hydrogen-bond acceptors (Lipinski definition) is 2. The van der Waals surface area contributed by atoms with Crippen LogP contribution in [0.1, 0.15) is 37.4 Å². The first-order valence-electron chi connectivity index (χ1n) is 8.19. The Labute approximate surface area is 152 Å². The van der Waals surface area contributed by atoms with Crippen LogP contribution in [0.4, 0.5) is 5.69 Å². The molecule has 2 atom stereocenters. The van der Waals surface area contributed by atoms with E-state index < -0.39 is 5.72 Å². The third kappa shape index (κ3) is 2.36. The van der Waals surface area contributed by atoms with E-state index in [0.717, 1.165) is 29.8 Å². The van der Waals surface area contributed by atoms with Gasteiger partial charge in [-0.2, -0.15) is 0 Å². The third-order valence-electron chi connectivity index (χ3n) is 4.85. The molecular weight excluding hydrogens is 340 g/mol. The summed E-state index contributed by atoms with van der Waals surface area (Å²) in [5.74, 6) is 0.868. The van der Waals surface area contributed by atoms with Crippen molar-refractivity contribution >= 4 is 34.6 Å². The van der Waals surface area contributed by atoms with E-state index in [1.807, 2.05) is 24.3 Å². The number of nitrogens with zero attached hydrogens (tertiary/aromatic N) is 1. The molecule has 2 aliphatic rings. The van der Waals surface area contributed by atoms with Gasteiger partial charge in [-0.1, -0.05) is 36.7 Å². The lowest BCUT2D eigenvalue weighted by Gasteiger charge is -2.52. The van der Waals surface area contributed by atoms with Crippen molar-refractivity contribution in [3.05, 3.63) is 58.6 Å². The van der Waals surface area contributed by atoms with Crippen molar-refractivity contribution in [1.82, 2.24) is 5.32 Å². The van der Waals surface area contributed by atoms with Crippen LogP contribution < -0.4 is 15.0 Å². The van der Waals surface area contributed by atoms with Gasteiger partial charge in [-0.25, -0.2) is 0 Å². The van der Waals surface area contributed by atoms with Gasteiger partial charge in [-0.3, -0.25) is 4.90 Å². The first-order valence-corrected chi connectivity index (χ1v) is 8.97. The quantitative estimate of drug-likeness (QED) is 0.776. The second-order valence-corrected chi connectivity index (χ2v) is 7.31. The van der Waals surface area contributed by atoms with Gasteiger partial charge >= 0.3 is 0 Å². The van der Waals surface area contributed by atoms with Gasteiger partial charge in [-0.15, -0.1) is 0 Å². The molecule has 4 rings (SSSR count). The van der Waals surface area contributed by atoms with Gasteiger partial charge in [0.05, 0.1) is 11.7 Å². The molecule has 5 heteroatoms. The Hall–Kier alpha value is -1.78. The van der Waals surface area contributed by atoms with Gasteiger partial charge in [0.25, 0.3) is 0 Å². The van der Waals surface area contributed by atoms with Crippen LogP contribution in [0.3, 0.4) is 0 Å². The normalized spacial score (nSPS) is 24.9. The SMILES string of the molecule is CCc1ccccc1N1C(=S)N[C@H]2C[C@@]1(C)Oc1ccc(Cl)cc12. The molecule has 2 aliphatic heterocycles. The topological polar surface area (TPSA) is 24.5 Å². The Morgan fingerprint density at radius 1 is 1.33 bits per heavy atom. The second kappa shape index (κ2) is 5.64. The minimum absolute atomic E-state index is 0.120. The summed E-state index contributed by atoms with van der Waals surface area (Å²) in [4.78, 5) is 2.12. The van der Waals surface area contributed by atoms with Crippen molar-refractivity contribution in [1.29, 1.82) is 0 Å². The molecule has 2 aromatic carbocycles. The van der Waals surface area contributed by atoms with Crippen molar-refractivity contribution in [3.8, 4) is 5.75 Å². The lowest BCUT2D eigenvalue weighted by atomic mass is 9.90. The molecule has 124 valence electrons. The van der Waals surface area contributed by atoms with Gasteiger partial charge in [0.2, 0.25) is 0 Å². The Balaban J connectivity index is 1.82. The first-order chi connectivity index (χ1) is 11.5. The van der Waals surface area contributed by atoms with Crippen LogP contribution in [-0.2, 0) is 6.42 Å². The molecule has 24 heavy (non-hydrogen) atoms. The average molecular weight is 359 g/mol. The van der Waals surface area contributed by atoms with E-state index in [1.165, 1.54) is 5.56 Å². The third-order valence-corrected chi connectivity index (χ3v) is 5.38. The predicted molar refractivity (Wildman–Crippen MR) is 102 cm³/mol. The molecule has 0 spiro atoms. The molecule has 1 fully saturated rings. The molecule has 0 saturated carbocycles. The highest BCUT2D eigenvalue weighted by molar-refractivity contribution is 7.80. The molecule has 0 aromatic heterocycles. The predicted octanol–water partition coefficient (Wildman–Crippen LogP) is 4.84. The Morgan fingerprint density at radius 2 is 2.12 bits per heavy atom. The zero-order valence-electron chi connectivity index (χ0n) is 13.7. The smallest absolute Gasteiger partial charge is 0.188 e. The molecule has 2 bridgehead atoms. The van der Waals surface area contributed by atoms with Crippen LogP contribution >= 0.6 is 23.8 Å². The number of hydrogen-bond donors (Lipinski definition) is 1. The Bertz CT molecular complexity index is 825. The molecule has 0 amide bonds. The number of thiocarbonyl (C=S) groups is 1. The Kier molecular flexibility index (Phi) is 3.70. The summed E-state index contributed by atoms with van der Waals surface area (Å²) >= 11 is 11.9. The summed E-state index contributed by atoms with van der Waals surface area (Å²) in [6.45, 7) is 4.26. The highest BCUT2D eigenvalue weighted by atomic mass is 35.5. The van der Waals surface area contributed by atoms with E-state index >= 15 is 0 Å². The summed E-state index contributed by atoms with van der Waals surface area (Å²) in [7, 11) is 0. The largest absolute Gasteiger partial charge is 0.467 e. The number of aryl methyl sites for hydroxylation is 1. The molecule has 2 aromatic rings. The lowest BCUT2D eigenvalue weighted by Crippen LogP contribution is -2.65. The maximum Gasteiger partial charge on any atom is 0.188 e. The van der Waals surface area contributed by atoms with Gasteiger partial charge in [0, 0.05) is 17.0 Å². The summed E-state index contributed by atoms with van der Waals surface area (Å²) in [6.07, 6.45) is 1.75. The molecule has 2 heterocycles. The molecule has 0 unspecified atom stereocenters. The summed E-state index contributed by atoms with van der Waals surface area (Å²) < 4.78 is 6.42. The molecule has 1 N–H and O–H groups in total. The van der Waals surface area contributed by atoms with Crippen molar-refractivity contribution < 1.29 is 4.74 Å². The zero-order chi connectivity index (χ0) is 16.9. The fourth-order valence-electron chi connectivity index (χ4n) is 3.74. The average Bonchev–Trinajstić information content (AvgIpc) is 2.55. The summed E-state index contributed by atoms with van der Waals surface area (Å²) in [5, 5.41) is 4.88. The van der Waals surface area contributed by atoms with E-state index in [4.69, 9.17) is 28.6 Å². The first kappa shape index (κ1) is 15.7. The minimum Gasteiger partial charge on any atom is -0.467 e. The minimum atomic E-state index is -0.515. The zero-order valence-corrected chi connectivity index (χ0v) is 15.2. The number of halogens is 1. The van der Waals surface area contributed by atoms with Crippen LogP contribution in [0.25, 0.3) is 0 Å². The number of fused-ring (bicyclic) bond motifs is 4. The van der Waals surface area contributed by atoms with Crippen LogP contribution in [0, 0.1) is 0 Å². The maximum atomic E-state index is 6.42.